The van der Waals surface area contributed by atoms with Crippen molar-refractivity contribution in [2.24, 2.45) is 0 Å². The van der Waals surface area contributed by atoms with E-state index in [9.17, 15) is 31.1 Å². The summed E-state index contributed by atoms with van der Waals surface area (Å²) in [5.41, 5.74) is -3.69. The van der Waals surface area contributed by atoms with Crippen LogP contribution in [0.3, 0.4) is 0 Å². The maximum Gasteiger partial charge on any atom is 0.416 e. The lowest BCUT2D eigenvalue weighted by atomic mass is 10.0. The highest BCUT2D eigenvalue weighted by Crippen LogP contribution is 2.37. The molecule has 0 saturated heterocycles. The lowest BCUT2D eigenvalue weighted by Gasteiger charge is -2.13. The maximum absolute atomic E-state index is 12.9. The first-order valence-corrected chi connectivity index (χ1v) is 7.52. The van der Waals surface area contributed by atoms with Crippen LogP contribution in [0.15, 0.2) is 36.5 Å². The zero-order valence-electron chi connectivity index (χ0n) is 13.8. The van der Waals surface area contributed by atoms with Gasteiger partial charge in [-0.2, -0.15) is 26.3 Å². The molecule has 0 amide bonds. The van der Waals surface area contributed by atoms with Crippen LogP contribution in [0.25, 0.3) is 22.9 Å². The Labute approximate surface area is 157 Å². The fraction of sp³-hybridized carbons (Fsp3) is 0.125. The molecule has 0 spiro atoms. The quantitative estimate of drug-likeness (QED) is 0.651. The highest BCUT2D eigenvalue weighted by molar-refractivity contribution is 5.87. The first-order valence-electron chi connectivity index (χ1n) is 7.52. The standard InChI is InChI=1S/C16H7F6N5O2/c17-15(18,19)9-3-8(4-10(5-9)16(20,21)22)12-24-26-13(27-25-12)11-2-1-7(6-23-11)14(28)29/h1-6H,(H,28,29). The molecule has 0 saturated carbocycles. The Bertz CT molecular complexity index is 1020. The minimum atomic E-state index is -5.02. The Hall–Kier alpha value is -3.64. The third-order valence-corrected chi connectivity index (χ3v) is 3.56. The van der Waals surface area contributed by atoms with E-state index in [0.717, 1.165) is 6.20 Å². The molecule has 150 valence electrons. The third kappa shape index (κ3) is 4.44. The van der Waals surface area contributed by atoms with Crippen LogP contribution in [0.1, 0.15) is 21.5 Å². The van der Waals surface area contributed by atoms with Gasteiger partial charge in [0.15, 0.2) is 0 Å². The first kappa shape index (κ1) is 20.1. The van der Waals surface area contributed by atoms with Crippen LogP contribution in [0.5, 0.6) is 0 Å². The second-order valence-corrected chi connectivity index (χ2v) is 5.58. The van der Waals surface area contributed by atoms with E-state index in [1.165, 1.54) is 12.1 Å². The van der Waals surface area contributed by atoms with Gasteiger partial charge < -0.3 is 5.11 Å². The molecule has 0 aliphatic carbocycles. The minimum Gasteiger partial charge on any atom is -0.478 e. The summed E-state index contributed by atoms with van der Waals surface area (Å²) in [6.07, 6.45) is -9.03. The fourth-order valence-electron chi connectivity index (χ4n) is 2.18. The number of halogens is 6. The molecule has 1 aromatic carbocycles. The Balaban J connectivity index is 2.00. The van der Waals surface area contributed by atoms with Gasteiger partial charge in [-0.1, -0.05) is 0 Å². The number of carboxylic acid groups (broad SMARTS) is 1. The number of rotatable bonds is 3. The van der Waals surface area contributed by atoms with Gasteiger partial charge in [0, 0.05) is 11.8 Å². The summed E-state index contributed by atoms with van der Waals surface area (Å²) in [6, 6.07) is 3.33. The summed E-state index contributed by atoms with van der Waals surface area (Å²) in [6.45, 7) is 0. The van der Waals surface area contributed by atoms with Gasteiger partial charge in [-0.3, -0.25) is 4.98 Å². The van der Waals surface area contributed by atoms with E-state index in [0.29, 0.717) is 12.1 Å². The summed E-state index contributed by atoms with van der Waals surface area (Å²) < 4.78 is 77.6. The van der Waals surface area contributed by atoms with Crippen molar-refractivity contribution < 1.29 is 36.2 Å². The van der Waals surface area contributed by atoms with Gasteiger partial charge >= 0.3 is 18.3 Å². The van der Waals surface area contributed by atoms with Crippen LogP contribution >= 0.6 is 0 Å². The second kappa shape index (κ2) is 7.07. The summed E-state index contributed by atoms with van der Waals surface area (Å²) in [5.74, 6) is -1.98. The molecule has 1 N–H and O–H groups in total. The van der Waals surface area contributed by atoms with Crippen LogP contribution < -0.4 is 0 Å². The number of hydrogen-bond donors (Lipinski definition) is 1. The number of hydrogen-bond acceptors (Lipinski definition) is 6. The molecule has 29 heavy (non-hydrogen) atoms. The molecule has 3 aromatic rings. The van der Waals surface area contributed by atoms with Crippen molar-refractivity contribution >= 4 is 5.97 Å². The predicted molar refractivity (Wildman–Crippen MR) is 83.3 cm³/mol. The second-order valence-electron chi connectivity index (χ2n) is 5.58. The van der Waals surface area contributed by atoms with E-state index in [4.69, 9.17) is 5.11 Å². The lowest BCUT2D eigenvalue weighted by molar-refractivity contribution is -0.143. The van der Waals surface area contributed by atoms with Gasteiger partial charge in [-0.15, -0.1) is 20.4 Å². The molecular weight excluding hydrogens is 408 g/mol. The zero-order valence-corrected chi connectivity index (χ0v) is 13.8. The van der Waals surface area contributed by atoms with E-state index in [1.807, 2.05) is 0 Å². The first-order chi connectivity index (χ1) is 13.4. The number of carbonyl (C=O) groups is 1. The van der Waals surface area contributed by atoms with E-state index >= 15 is 0 Å². The number of aromatic nitrogens is 5. The molecule has 3 rings (SSSR count). The molecular formula is C16H7F6N5O2. The summed E-state index contributed by atoms with van der Waals surface area (Å²) in [5, 5.41) is 23.0. The van der Waals surface area contributed by atoms with Crippen molar-refractivity contribution in [3.8, 4) is 22.9 Å². The maximum atomic E-state index is 12.9. The fourth-order valence-corrected chi connectivity index (χ4v) is 2.18. The van der Waals surface area contributed by atoms with Crippen molar-refractivity contribution in [2.75, 3.05) is 0 Å². The Morgan fingerprint density at radius 3 is 1.72 bits per heavy atom. The lowest BCUT2D eigenvalue weighted by Crippen LogP contribution is -2.11. The van der Waals surface area contributed by atoms with Crippen molar-refractivity contribution in [2.45, 2.75) is 12.4 Å². The average molecular weight is 415 g/mol. The topological polar surface area (TPSA) is 102 Å². The normalized spacial score (nSPS) is 12.1. The molecule has 0 atom stereocenters. The van der Waals surface area contributed by atoms with Gasteiger partial charge in [0.1, 0.15) is 5.69 Å². The third-order valence-electron chi connectivity index (χ3n) is 3.56. The highest BCUT2D eigenvalue weighted by atomic mass is 19.4. The molecule has 2 aromatic heterocycles. The Morgan fingerprint density at radius 1 is 0.793 bits per heavy atom. The van der Waals surface area contributed by atoms with Crippen molar-refractivity contribution in [1.29, 1.82) is 0 Å². The molecule has 0 aliphatic heterocycles. The van der Waals surface area contributed by atoms with Crippen LogP contribution in [0, 0.1) is 0 Å². The largest absolute Gasteiger partial charge is 0.478 e. The number of carboxylic acids is 1. The number of benzene rings is 1. The molecule has 2 heterocycles. The monoisotopic (exact) mass is 415 g/mol. The SMILES string of the molecule is O=C(O)c1ccc(-c2nnc(-c3cc(C(F)(F)F)cc(C(F)(F)F)c3)nn2)nc1. The highest BCUT2D eigenvalue weighted by Gasteiger charge is 2.37. The average Bonchev–Trinajstić information content (AvgIpc) is 2.66. The Kier molecular flexibility index (Phi) is 4.90. The molecule has 0 unspecified atom stereocenters. The summed E-state index contributed by atoms with van der Waals surface area (Å²) in [4.78, 5) is 14.6. The predicted octanol–water partition coefficient (Wildman–Crippen LogP) is 3.73. The van der Waals surface area contributed by atoms with E-state index in [1.54, 1.807) is 0 Å². The van der Waals surface area contributed by atoms with Gasteiger partial charge in [-0.25, -0.2) is 4.79 Å². The number of nitrogens with zero attached hydrogens (tertiary/aromatic N) is 5. The molecule has 0 radical (unpaired) electrons. The number of pyridine rings is 1. The summed E-state index contributed by atoms with van der Waals surface area (Å²) in [7, 11) is 0. The van der Waals surface area contributed by atoms with Gasteiger partial charge in [0.05, 0.1) is 16.7 Å². The number of alkyl halides is 6. The zero-order chi connectivity index (χ0) is 21.4. The molecule has 0 bridgehead atoms. The van der Waals surface area contributed by atoms with Crippen molar-refractivity contribution in [1.82, 2.24) is 25.4 Å². The van der Waals surface area contributed by atoms with Crippen LogP contribution in [0.4, 0.5) is 26.3 Å². The van der Waals surface area contributed by atoms with Crippen LogP contribution in [-0.4, -0.2) is 36.5 Å². The van der Waals surface area contributed by atoms with E-state index in [-0.39, 0.29) is 23.1 Å². The van der Waals surface area contributed by atoms with Crippen molar-refractivity contribution in [3.63, 3.8) is 0 Å². The Morgan fingerprint density at radius 2 is 1.31 bits per heavy atom. The van der Waals surface area contributed by atoms with Gasteiger partial charge in [0.25, 0.3) is 0 Å². The van der Waals surface area contributed by atoms with E-state index < -0.39 is 40.8 Å². The van der Waals surface area contributed by atoms with Crippen molar-refractivity contribution in [3.05, 3.63) is 53.2 Å². The smallest absolute Gasteiger partial charge is 0.416 e. The van der Waals surface area contributed by atoms with Gasteiger partial charge in [0.2, 0.25) is 11.6 Å². The molecule has 0 fully saturated rings. The van der Waals surface area contributed by atoms with E-state index in [2.05, 4.69) is 25.4 Å². The van der Waals surface area contributed by atoms with Crippen LogP contribution in [-0.2, 0) is 12.4 Å². The molecule has 13 heteroatoms. The molecule has 7 nitrogen and oxygen atoms in total. The minimum absolute atomic E-state index is 0.0212. The number of aromatic carboxylic acids is 1. The summed E-state index contributed by atoms with van der Waals surface area (Å²) >= 11 is 0. The van der Waals surface area contributed by atoms with Crippen LogP contribution in [0.2, 0.25) is 0 Å². The molecule has 0 aliphatic rings. The van der Waals surface area contributed by atoms with Gasteiger partial charge in [-0.05, 0) is 30.3 Å².